The molecule has 1 aromatic carbocycles. The number of hydrogen-bond donors (Lipinski definition) is 2. The molecule has 3 fully saturated rings. The van der Waals surface area contributed by atoms with Gasteiger partial charge in [0.05, 0.1) is 22.3 Å². The van der Waals surface area contributed by atoms with Gasteiger partial charge in [0.1, 0.15) is 46.4 Å². The molecule has 4 aliphatic heterocycles. The number of fused-ring (bicyclic) bond motifs is 2. The molecule has 7 atom stereocenters. The van der Waals surface area contributed by atoms with Gasteiger partial charge in [-0.15, -0.1) is 0 Å². The Bertz CT molecular complexity index is 1770. The first-order valence-corrected chi connectivity index (χ1v) is 16.7. The first-order chi connectivity index (χ1) is 22.4. The van der Waals surface area contributed by atoms with Crippen LogP contribution in [-0.2, 0) is 23.8 Å². The summed E-state index contributed by atoms with van der Waals surface area (Å²) in [5, 5.41) is 23.9. The normalized spacial score (nSPS) is 34.3. The number of ether oxygens (including phenoxy) is 5. The van der Waals surface area contributed by atoms with Gasteiger partial charge in [0.25, 0.3) is 6.47 Å². The number of Topliss-reactive ketones (excluding diaryl/α,β-unsaturated/α-hetero) is 2. The summed E-state index contributed by atoms with van der Waals surface area (Å²) in [5.74, 6) is -1.67. The molecule has 1 aromatic rings. The van der Waals surface area contributed by atoms with Gasteiger partial charge in [0.15, 0.2) is 22.8 Å². The molecule has 7 aliphatic rings. The van der Waals surface area contributed by atoms with Crippen LogP contribution < -0.4 is 9.47 Å². The van der Waals surface area contributed by atoms with Crippen molar-refractivity contribution in [3.05, 3.63) is 57.9 Å². The van der Waals surface area contributed by atoms with E-state index in [-0.39, 0.29) is 64.9 Å². The number of phenolic OH excluding ortho intramolecular Hbond substituents is 1. The van der Waals surface area contributed by atoms with Crippen LogP contribution in [0.2, 0.25) is 0 Å². The zero-order valence-electron chi connectivity index (χ0n) is 28.8. The molecule has 0 amide bonds. The van der Waals surface area contributed by atoms with Gasteiger partial charge in [-0.1, -0.05) is 25.2 Å². The van der Waals surface area contributed by atoms with Crippen molar-refractivity contribution in [3.8, 4) is 17.2 Å². The smallest absolute Gasteiger partial charge is 0.298 e. The minimum Gasteiger partial charge on any atom is -0.506 e. The number of epoxide rings is 1. The van der Waals surface area contributed by atoms with Crippen molar-refractivity contribution in [2.75, 3.05) is 0 Å². The Morgan fingerprint density at radius 1 is 1.06 bits per heavy atom. The molecule has 1 saturated carbocycles. The number of rotatable bonds is 9. The van der Waals surface area contributed by atoms with E-state index in [4.69, 9.17) is 23.7 Å². The van der Waals surface area contributed by atoms with E-state index >= 15 is 0 Å². The Kier molecular flexibility index (Phi) is 7.98. The summed E-state index contributed by atoms with van der Waals surface area (Å²) in [6.07, 6.45) is 8.76. The minimum absolute atomic E-state index is 0. The first-order valence-electron chi connectivity index (χ1n) is 16.7. The Hall–Kier alpha value is -3.73. The van der Waals surface area contributed by atoms with Crippen LogP contribution in [0.3, 0.4) is 0 Å². The van der Waals surface area contributed by atoms with Gasteiger partial charge in [-0.2, -0.15) is 0 Å². The zero-order chi connectivity index (χ0) is 34.8. The number of phenols is 1. The van der Waals surface area contributed by atoms with Crippen LogP contribution >= 0.6 is 0 Å². The third kappa shape index (κ3) is 4.81. The lowest BCUT2D eigenvalue weighted by Gasteiger charge is -2.56. The zero-order valence-corrected chi connectivity index (χ0v) is 28.8. The second-order valence-electron chi connectivity index (χ2n) is 15.6. The molecule has 0 radical (unpaired) electrons. The minimum atomic E-state index is -1.66. The summed E-state index contributed by atoms with van der Waals surface area (Å²) in [6, 6.07) is 0. The molecular weight excluding hydrogens is 628 g/mol. The number of aliphatic hydroxyl groups is 1. The van der Waals surface area contributed by atoms with Crippen molar-refractivity contribution >= 4 is 24.1 Å². The SMILES string of the molecule is C.CC(C)=CCC[C@@]1(C)C=Cc2c(O)c3c(c(C(O)C4OC4(C)C)c2O1)O[C@]12C(=CC4CC1C(C)(C)O[C@]2(C/C=C(/C)OC=O)C4=O)C3=O. The number of aliphatic hydroxyl groups excluding tert-OH is 1. The van der Waals surface area contributed by atoms with Crippen LogP contribution in [0, 0.1) is 11.8 Å². The third-order valence-corrected chi connectivity index (χ3v) is 11.2. The van der Waals surface area contributed by atoms with Crippen LogP contribution in [0.25, 0.3) is 6.08 Å². The van der Waals surface area contributed by atoms with E-state index in [2.05, 4.69) is 6.08 Å². The van der Waals surface area contributed by atoms with Crippen molar-refractivity contribution in [3.63, 3.8) is 0 Å². The first kappa shape index (κ1) is 35.1. The van der Waals surface area contributed by atoms with Crippen molar-refractivity contribution in [1.29, 1.82) is 0 Å². The number of allylic oxidation sites excluding steroid dienone is 4. The van der Waals surface area contributed by atoms with E-state index in [0.29, 0.717) is 19.3 Å². The van der Waals surface area contributed by atoms with Gasteiger partial charge < -0.3 is 33.9 Å². The molecule has 10 heteroatoms. The van der Waals surface area contributed by atoms with Gasteiger partial charge in [-0.3, -0.25) is 14.4 Å². The fourth-order valence-corrected chi connectivity index (χ4v) is 8.82. The maximum atomic E-state index is 14.8. The molecule has 10 nitrogen and oxygen atoms in total. The lowest BCUT2D eigenvalue weighted by molar-refractivity contribution is -0.171. The van der Waals surface area contributed by atoms with Crippen LogP contribution in [0.15, 0.2) is 41.2 Å². The Morgan fingerprint density at radius 2 is 1.76 bits per heavy atom. The Morgan fingerprint density at radius 3 is 2.39 bits per heavy atom. The average Bonchev–Trinajstić information content (AvgIpc) is 3.60. The lowest BCUT2D eigenvalue weighted by atomic mass is 9.51. The molecule has 49 heavy (non-hydrogen) atoms. The van der Waals surface area contributed by atoms with Crippen LogP contribution in [0.1, 0.15) is 116 Å². The van der Waals surface area contributed by atoms with E-state index < -0.39 is 57.8 Å². The van der Waals surface area contributed by atoms with Gasteiger partial charge >= 0.3 is 0 Å². The van der Waals surface area contributed by atoms with Crippen molar-refractivity contribution in [1.82, 2.24) is 0 Å². The number of carbonyl (C=O) groups is 3. The van der Waals surface area contributed by atoms with E-state index in [1.165, 1.54) is 5.57 Å². The second kappa shape index (κ2) is 11.1. The molecule has 4 heterocycles. The standard InChI is InChI=1S/C38H44O10.CH4/c1-19(2)10-9-13-36(8)14-12-22-27(40)25-28(41)23-16-21-17-24-34(4,5)48-37(32(21)43,15-11-20(3)44-18-39)38(23,24)46-31(25)26(30(22)45-36)29(42)33-35(6,7)47-33;/h10-12,14,16,18,21,24,29,33,40,42H,9,13,15,17H2,1-8H3;1H4/b20-11-;/t21?,24?,29?,33?,36-,37+,38+;/m0./s1. The van der Waals surface area contributed by atoms with E-state index in [1.807, 2.05) is 54.5 Å². The molecule has 2 N–H and O–H groups in total. The Balaban J connectivity index is 0.00000417. The largest absolute Gasteiger partial charge is 0.506 e. The predicted molar refractivity (Wildman–Crippen MR) is 181 cm³/mol. The summed E-state index contributed by atoms with van der Waals surface area (Å²) in [6.45, 7) is 15.4. The maximum Gasteiger partial charge on any atom is 0.298 e. The van der Waals surface area contributed by atoms with Crippen molar-refractivity contribution < 1.29 is 48.3 Å². The van der Waals surface area contributed by atoms with E-state index in [0.717, 1.165) is 6.42 Å². The summed E-state index contributed by atoms with van der Waals surface area (Å²) in [5.41, 5.74) is -3.84. The highest BCUT2D eigenvalue weighted by atomic mass is 16.6. The molecule has 4 unspecified atom stereocenters. The molecule has 264 valence electrons. The van der Waals surface area contributed by atoms with Crippen LogP contribution in [0.4, 0.5) is 0 Å². The quantitative estimate of drug-likeness (QED) is 0.127. The molecule has 3 aliphatic carbocycles. The summed E-state index contributed by atoms with van der Waals surface area (Å²) in [4.78, 5) is 40.3. The van der Waals surface area contributed by atoms with E-state index in [9.17, 15) is 24.6 Å². The predicted octanol–water partition coefficient (Wildman–Crippen LogP) is 6.62. The van der Waals surface area contributed by atoms with Crippen molar-refractivity contribution in [2.24, 2.45) is 11.8 Å². The molecule has 2 saturated heterocycles. The monoisotopic (exact) mass is 676 g/mol. The number of hydrogen-bond acceptors (Lipinski definition) is 10. The van der Waals surface area contributed by atoms with Gasteiger partial charge in [-0.05, 0) is 92.9 Å². The summed E-state index contributed by atoms with van der Waals surface area (Å²) >= 11 is 0. The molecular formula is C39H48O10. The second-order valence-corrected chi connectivity index (χ2v) is 15.6. The third-order valence-electron chi connectivity index (χ3n) is 11.2. The number of ketones is 2. The van der Waals surface area contributed by atoms with Gasteiger partial charge in [0, 0.05) is 23.8 Å². The molecule has 4 bridgehead atoms. The highest BCUT2D eigenvalue weighted by Crippen LogP contribution is 2.69. The number of carbonyl (C=O) groups excluding carboxylic acids is 3. The highest BCUT2D eigenvalue weighted by Gasteiger charge is 2.81. The van der Waals surface area contributed by atoms with Crippen molar-refractivity contribution in [2.45, 2.75) is 129 Å². The molecule has 8 rings (SSSR count). The number of aromatic hydroxyl groups is 1. The highest BCUT2D eigenvalue weighted by molar-refractivity contribution is 6.19. The summed E-state index contributed by atoms with van der Waals surface area (Å²) < 4.78 is 31.5. The van der Waals surface area contributed by atoms with Gasteiger partial charge in [0.2, 0.25) is 0 Å². The fraction of sp³-hybridized carbons (Fsp3) is 0.564. The topological polar surface area (TPSA) is 141 Å². The van der Waals surface area contributed by atoms with Gasteiger partial charge in [-0.25, -0.2) is 0 Å². The average molecular weight is 677 g/mol. The summed E-state index contributed by atoms with van der Waals surface area (Å²) in [7, 11) is 0. The van der Waals surface area contributed by atoms with Crippen LogP contribution in [-0.4, -0.2) is 62.4 Å². The molecule has 0 aromatic heterocycles. The van der Waals surface area contributed by atoms with Crippen LogP contribution in [0.5, 0.6) is 17.2 Å². The lowest BCUT2D eigenvalue weighted by Crippen LogP contribution is -2.72. The molecule has 1 spiro atoms. The maximum absolute atomic E-state index is 14.8. The fourth-order valence-electron chi connectivity index (χ4n) is 8.82. The van der Waals surface area contributed by atoms with E-state index in [1.54, 1.807) is 25.2 Å². The Labute approximate surface area is 287 Å². The number of benzene rings is 1.